The van der Waals surface area contributed by atoms with Crippen molar-refractivity contribution in [3.05, 3.63) is 59.0 Å². The normalized spacial score (nSPS) is 10.6. The summed E-state index contributed by atoms with van der Waals surface area (Å²) >= 11 is 0. The van der Waals surface area contributed by atoms with Gasteiger partial charge >= 0.3 is 0 Å². The summed E-state index contributed by atoms with van der Waals surface area (Å²) in [6, 6.07) is 6.97. The van der Waals surface area contributed by atoms with E-state index in [0.29, 0.717) is 17.1 Å². The third kappa shape index (κ3) is 3.22. The summed E-state index contributed by atoms with van der Waals surface area (Å²) in [4.78, 5) is 32.4. The van der Waals surface area contributed by atoms with E-state index in [9.17, 15) is 14.0 Å². The van der Waals surface area contributed by atoms with Crippen LogP contribution in [0, 0.1) is 5.82 Å². The van der Waals surface area contributed by atoms with Crippen LogP contribution in [0.1, 0.15) is 0 Å². The molecule has 1 amide bonds. The van der Waals surface area contributed by atoms with Crippen molar-refractivity contribution < 1.29 is 13.9 Å². The van der Waals surface area contributed by atoms with Gasteiger partial charge in [0, 0.05) is 6.07 Å². The maximum atomic E-state index is 13.3. The topological polar surface area (TPSA) is 86.1 Å². The Hall–Kier alpha value is -3.29. The molecule has 0 saturated carbocycles. The standard InChI is InChI=1S/C16H13FN4O3/c1-24-15-5-3-11(7-18-15)20-14(22)8-21-9-19-13-4-2-10(17)6-12(13)16(21)23/h2-7,9H,8H2,1H3,(H,20,22). The summed E-state index contributed by atoms with van der Waals surface area (Å²) in [6.07, 6.45) is 2.70. The zero-order chi connectivity index (χ0) is 17.1. The molecule has 0 radical (unpaired) electrons. The van der Waals surface area contributed by atoms with Gasteiger partial charge in [0.25, 0.3) is 5.56 Å². The Kier molecular flexibility index (Phi) is 4.19. The fourth-order valence-electron chi connectivity index (χ4n) is 2.17. The molecule has 0 saturated heterocycles. The van der Waals surface area contributed by atoms with E-state index in [4.69, 9.17) is 4.74 Å². The van der Waals surface area contributed by atoms with Crippen molar-refractivity contribution in [2.24, 2.45) is 0 Å². The third-order valence-electron chi connectivity index (χ3n) is 3.33. The minimum absolute atomic E-state index is 0.122. The Morgan fingerprint density at radius 1 is 1.29 bits per heavy atom. The van der Waals surface area contributed by atoms with Gasteiger partial charge in [-0.05, 0) is 24.3 Å². The van der Waals surface area contributed by atoms with E-state index < -0.39 is 17.3 Å². The molecular weight excluding hydrogens is 315 g/mol. The summed E-state index contributed by atoms with van der Waals surface area (Å²) in [5.74, 6) is -0.542. The Morgan fingerprint density at radius 2 is 2.12 bits per heavy atom. The number of carbonyl (C=O) groups is 1. The van der Waals surface area contributed by atoms with Gasteiger partial charge in [-0.2, -0.15) is 0 Å². The summed E-state index contributed by atoms with van der Waals surface area (Å²) in [7, 11) is 1.49. The van der Waals surface area contributed by atoms with E-state index in [1.54, 1.807) is 12.1 Å². The Balaban J connectivity index is 1.79. The molecule has 3 aromatic rings. The zero-order valence-electron chi connectivity index (χ0n) is 12.7. The smallest absolute Gasteiger partial charge is 0.261 e. The quantitative estimate of drug-likeness (QED) is 0.786. The largest absolute Gasteiger partial charge is 0.481 e. The van der Waals surface area contributed by atoms with Crippen LogP contribution in [-0.4, -0.2) is 27.6 Å². The lowest BCUT2D eigenvalue weighted by Crippen LogP contribution is -2.28. The molecule has 8 heteroatoms. The number of aromatic nitrogens is 3. The lowest BCUT2D eigenvalue weighted by atomic mass is 10.2. The number of carbonyl (C=O) groups excluding carboxylic acids is 1. The average Bonchev–Trinajstić information content (AvgIpc) is 2.58. The van der Waals surface area contributed by atoms with Crippen LogP contribution in [0.3, 0.4) is 0 Å². The Labute approximate surface area is 135 Å². The van der Waals surface area contributed by atoms with Crippen molar-refractivity contribution >= 4 is 22.5 Å². The number of fused-ring (bicyclic) bond motifs is 1. The number of rotatable bonds is 4. The van der Waals surface area contributed by atoms with Gasteiger partial charge in [0.15, 0.2) is 0 Å². The van der Waals surface area contributed by atoms with Crippen molar-refractivity contribution in [2.75, 3.05) is 12.4 Å². The first kappa shape index (κ1) is 15.6. The predicted molar refractivity (Wildman–Crippen MR) is 85.4 cm³/mol. The number of methoxy groups -OCH3 is 1. The highest BCUT2D eigenvalue weighted by atomic mass is 19.1. The van der Waals surface area contributed by atoms with Crippen LogP contribution in [0.5, 0.6) is 5.88 Å². The summed E-state index contributed by atoms with van der Waals surface area (Å²) in [6.45, 7) is -0.246. The molecule has 0 bridgehead atoms. The number of pyridine rings is 1. The maximum absolute atomic E-state index is 13.3. The lowest BCUT2D eigenvalue weighted by molar-refractivity contribution is -0.116. The number of halogens is 1. The highest BCUT2D eigenvalue weighted by Crippen LogP contribution is 2.11. The lowest BCUT2D eigenvalue weighted by Gasteiger charge is -2.08. The molecule has 7 nitrogen and oxygen atoms in total. The first-order valence-corrected chi connectivity index (χ1v) is 7.01. The number of nitrogens with zero attached hydrogens (tertiary/aromatic N) is 3. The van der Waals surface area contributed by atoms with E-state index in [-0.39, 0.29) is 11.9 Å². The number of amides is 1. The fraction of sp³-hybridized carbons (Fsp3) is 0.125. The van der Waals surface area contributed by atoms with Crippen LogP contribution in [-0.2, 0) is 11.3 Å². The van der Waals surface area contributed by atoms with Gasteiger partial charge in [-0.25, -0.2) is 14.4 Å². The number of hydrogen-bond donors (Lipinski definition) is 1. The molecule has 0 spiro atoms. The highest BCUT2D eigenvalue weighted by molar-refractivity contribution is 5.90. The van der Waals surface area contributed by atoms with Crippen LogP contribution in [0.25, 0.3) is 10.9 Å². The molecule has 1 aromatic carbocycles. The second kappa shape index (κ2) is 6.45. The monoisotopic (exact) mass is 328 g/mol. The van der Waals surface area contributed by atoms with Crippen molar-refractivity contribution in [1.82, 2.24) is 14.5 Å². The summed E-state index contributed by atoms with van der Waals surface area (Å²) < 4.78 is 19.3. The fourth-order valence-corrected chi connectivity index (χ4v) is 2.17. The number of hydrogen-bond acceptors (Lipinski definition) is 5. The number of nitrogens with one attached hydrogen (secondary N) is 1. The SMILES string of the molecule is COc1ccc(NC(=O)Cn2cnc3ccc(F)cc3c2=O)cn1. The first-order chi connectivity index (χ1) is 11.6. The molecule has 0 aliphatic rings. The molecule has 0 atom stereocenters. The summed E-state index contributed by atoms with van der Waals surface area (Å²) in [5.41, 5.74) is 0.355. The van der Waals surface area contributed by atoms with E-state index in [2.05, 4.69) is 15.3 Å². The van der Waals surface area contributed by atoms with Crippen LogP contribution in [0.2, 0.25) is 0 Å². The maximum Gasteiger partial charge on any atom is 0.261 e. The molecule has 122 valence electrons. The Bertz CT molecular complexity index is 954. The van der Waals surface area contributed by atoms with Gasteiger partial charge < -0.3 is 10.1 Å². The van der Waals surface area contributed by atoms with Crippen LogP contribution >= 0.6 is 0 Å². The van der Waals surface area contributed by atoms with E-state index >= 15 is 0 Å². The van der Waals surface area contributed by atoms with E-state index in [0.717, 1.165) is 10.6 Å². The highest BCUT2D eigenvalue weighted by Gasteiger charge is 2.09. The van der Waals surface area contributed by atoms with Crippen molar-refractivity contribution in [3.8, 4) is 5.88 Å². The minimum atomic E-state index is -0.534. The molecule has 24 heavy (non-hydrogen) atoms. The first-order valence-electron chi connectivity index (χ1n) is 7.01. The predicted octanol–water partition coefficient (Wildman–Crippen LogP) is 1.58. The number of ether oxygens (including phenoxy) is 1. The van der Waals surface area contributed by atoms with Gasteiger partial charge in [-0.3, -0.25) is 14.2 Å². The van der Waals surface area contributed by atoms with Gasteiger partial charge in [0.05, 0.1) is 36.2 Å². The van der Waals surface area contributed by atoms with Crippen LogP contribution in [0.4, 0.5) is 10.1 Å². The van der Waals surface area contributed by atoms with Gasteiger partial charge in [-0.15, -0.1) is 0 Å². The molecule has 0 aliphatic carbocycles. The molecule has 1 N–H and O–H groups in total. The minimum Gasteiger partial charge on any atom is -0.481 e. The van der Waals surface area contributed by atoms with Gasteiger partial charge in [0.2, 0.25) is 11.8 Å². The van der Waals surface area contributed by atoms with E-state index in [1.165, 1.54) is 31.8 Å². The second-order valence-corrected chi connectivity index (χ2v) is 4.98. The second-order valence-electron chi connectivity index (χ2n) is 4.98. The molecule has 2 aromatic heterocycles. The van der Waals surface area contributed by atoms with Gasteiger partial charge in [-0.1, -0.05) is 0 Å². The summed E-state index contributed by atoms with van der Waals surface area (Å²) in [5, 5.41) is 2.73. The van der Waals surface area contributed by atoms with Gasteiger partial charge in [0.1, 0.15) is 12.4 Å². The molecule has 2 heterocycles. The molecular formula is C16H13FN4O3. The molecule has 0 fully saturated rings. The van der Waals surface area contributed by atoms with Crippen molar-refractivity contribution in [2.45, 2.75) is 6.54 Å². The van der Waals surface area contributed by atoms with Crippen molar-refractivity contribution in [3.63, 3.8) is 0 Å². The average molecular weight is 328 g/mol. The molecule has 0 unspecified atom stereocenters. The zero-order valence-corrected chi connectivity index (χ0v) is 12.7. The molecule has 3 rings (SSSR count). The third-order valence-corrected chi connectivity index (χ3v) is 3.33. The van der Waals surface area contributed by atoms with Crippen molar-refractivity contribution in [1.29, 1.82) is 0 Å². The number of anilines is 1. The Morgan fingerprint density at radius 3 is 2.83 bits per heavy atom. The molecule has 0 aliphatic heterocycles. The van der Waals surface area contributed by atoms with E-state index in [1.807, 2.05) is 0 Å². The van der Waals surface area contributed by atoms with Crippen LogP contribution in [0.15, 0.2) is 47.7 Å². The number of benzene rings is 1. The van der Waals surface area contributed by atoms with Crippen LogP contribution < -0.4 is 15.6 Å².